The number of amides is 1. The molecule has 0 atom stereocenters. The quantitative estimate of drug-likeness (QED) is 0.431. The number of rotatable bonds is 5. The van der Waals surface area contributed by atoms with Gasteiger partial charge in [-0.3, -0.25) is 18.6 Å². The third kappa shape index (κ3) is 4.12. The number of aromatic nitrogens is 4. The second kappa shape index (κ2) is 8.36. The molecule has 0 aliphatic carbocycles. The van der Waals surface area contributed by atoms with E-state index in [4.69, 9.17) is 0 Å². The van der Waals surface area contributed by atoms with Crippen LogP contribution in [0.5, 0.6) is 0 Å². The summed E-state index contributed by atoms with van der Waals surface area (Å²) in [5.74, 6) is -1.53. The average molecular weight is 492 g/mol. The van der Waals surface area contributed by atoms with E-state index in [0.717, 1.165) is 11.8 Å². The van der Waals surface area contributed by atoms with Crippen molar-refractivity contribution in [2.24, 2.45) is 0 Å². The maximum Gasteiger partial charge on any atom is 0.300 e. The van der Waals surface area contributed by atoms with Gasteiger partial charge in [-0.15, -0.1) is 10.2 Å². The molecule has 0 aliphatic rings. The molecule has 0 saturated carbocycles. The number of anilines is 1. The Hall–Kier alpha value is -3.05. The van der Waals surface area contributed by atoms with E-state index < -0.39 is 23.1 Å². The SMILES string of the molecule is O=C(CSc1nnc2c(=O)n(-c3cccc(F)c3)ccn12)Nc1ccc(Br)cc1F. The molecule has 30 heavy (non-hydrogen) atoms. The number of fused-ring (bicyclic) bond motifs is 1. The zero-order chi connectivity index (χ0) is 21.3. The first-order valence-corrected chi connectivity index (χ1v) is 10.3. The molecule has 0 unspecified atom stereocenters. The average Bonchev–Trinajstić information content (AvgIpc) is 3.13. The van der Waals surface area contributed by atoms with Gasteiger partial charge in [0.15, 0.2) is 5.16 Å². The number of nitrogens with zero attached hydrogens (tertiary/aromatic N) is 4. The molecule has 2 heterocycles. The first-order chi connectivity index (χ1) is 14.4. The summed E-state index contributed by atoms with van der Waals surface area (Å²) >= 11 is 4.19. The molecule has 0 spiro atoms. The van der Waals surface area contributed by atoms with Gasteiger partial charge in [-0.2, -0.15) is 0 Å². The molecular formula is C19H12BrF2N5O2S. The smallest absolute Gasteiger partial charge is 0.300 e. The number of carbonyl (C=O) groups is 1. The van der Waals surface area contributed by atoms with Gasteiger partial charge in [0, 0.05) is 16.9 Å². The van der Waals surface area contributed by atoms with Crippen LogP contribution in [0.4, 0.5) is 14.5 Å². The molecule has 0 radical (unpaired) electrons. The molecule has 0 aliphatic heterocycles. The van der Waals surface area contributed by atoms with Crippen LogP contribution in [-0.2, 0) is 4.79 Å². The first kappa shape index (κ1) is 20.2. The fourth-order valence-electron chi connectivity index (χ4n) is 2.70. The summed E-state index contributed by atoms with van der Waals surface area (Å²) in [6.45, 7) is 0. The highest BCUT2D eigenvalue weighted by Gasteiger charge is 2.14. The Morgan fingerprint density at radius 3 is 2.73 bits per heavy atom. The zero-order valence-corrected chi connectivity index (χ0v) is 17.5. The lowest BCUT2D eigenvalue weighted by atomic mass is 10.3. The van der Waals surface area contributed by atoms with E-state index in [1.165, 1.54) is 45.5 Å². The Bertz CT molecular complexity index is 1320. The van der Waals surface area contributed by atoms with Crippen LogP contribution in [0.3, 0.4) is 0 Å². The Kier molecular flexibility index (Phi) is 5.64. The number of carbonyl (C=O) groups excluding carboxylic acids is 1. The van der Waals surface area contributed by atoms with Crippen LogP contribution >= 0.6 is 27.7 Å². The lowest BCUT2D eigenvalue weighted by Gasteiger charge is -2.07. The Morgan fingerprint density at radius 1 is 1.13 bits per heavy atom. The van der Waals surface area contributed by atoms with Crippen LogP contribution in [0.2, 0.25) is 0 Å². The minimum absolute atomic E-state index is 0.0311. The molecule has 4 aromatic rings. The molecule has 7 nitrogen and oxygen atoms in total. The number of nitrogens with one attached hydrogen (secondary N) is 1. The molecule has 4 rings (SSSR count). The summed E-state index contributed by atoms with van der Waals surface area (Å²) in [5, 5.41) is 10.6. The van der Waals surface area contributed by atoms with Crippen LogP contribution < -0.4 is 10.9 Å². The van der Waals surface area contributed by atoms with E-state index in [1.54, 1.807) is 18.3 Å². The predicted molar refractivity (Wildman–Crippen MR) is 112 cm³/mol. The minimum atomic E-state index is -0.562. The van der Waals surface area contributed by atoms with Crippen molar-refractivity contribution in [1.29, 1.82) is 0 Å². The highest BCUT2D eigenvalue weighted by molar-refractivity contribution is 9.10. The standard InChI is InChI=1S/C19H12BrF2N5O2S/c20-11-4-5-15(14(22)8-11)23-16(28)10-30-19-25-24-17-18(29)26(6-7-27(17)19)13-3-1-2-12(21)9-13/h1-9H,10H2,(H,23,28). The van der Waals surface area contributed by atoms with Crippen LogP contribution in [-0.4, -0.2) is 30.8 Å². The molecule has 0 bridgehead atoms. The van der Waals surface area contributed by atoms with Gasteiger partial charge in [0.05, 0.1) is 17.1 Å². The third-order valence-corrected chi connectivity index (χ3v) is 5.50. The van der Waals surface area contributed by atoms with E-state index in [-0.39, 0.29) is 17.1 Å². The molecule has 152 valence electrons. The summed E-state index contributed by atoms with van der Waals surface area (Å²) < 4.78 is 30.6. The first-order valence-electron chi connectivity index (χ1n) is 8.52. The Labute approximate surface area is 180 Å². The van der Waals surface area contributed by atoms with E-state index in [0.29, 0.717) is 15.3 Å². The lowest BCUT2D eigenvalue weighted by Crippen LogP contribution is -2.20. The van der Waals surface area contributed by atoms with E-state index in [2.05, 4.69) is 31.4 Å². The van der Waals surface area contributed by atoms with Gasteiger partial charge >= 0.3 is 5.56 Å². The van der Waals surface area contributed by atoms with Gasteiger partial charge in [0.2, 0.25) is 11.6 Å². The summed E-state index contributed by atoms with van der Waals surface area (Å²) in [7, 11) is 0. The zero-order valence-electron chi connectivity index (χ0n) is 15.1. The summed E-state index contributed by atoms with van der Waals surface area (Å²) in [6, 6.07) is 9.92. The fraction of sp³-hybridized carbons (Fsp3) is 0.0526. The maximum absolute atomic E-state index is 13.8. The fourth-order valence-corrected chi connectivity index (χ4v) is 3.75. The molecule has 11 heteroatoms. The van der Waals surface area contributed by atoms with Gasteiger partial charge in [0.1, 0.15) is 11.6 Å². The van der Waals surface area contributed by atoms with Gasteiger partial charge in [-0.05, 0) is 36.4 Å². The van der Waals surface area contributed by atoms with Crippen LogP contribution in [0, 0.1) is 11.6 Å². The highest BCUT2D eigenvalue weighted by atomic mass is 79.9. The monoisotopic (exact) mass is 491 g/mol. The van der Waals surface area contributed by atoms with Crippen molar-refractivity contribution in [3.63, 3.8) is 0 Å². The Balaban J connectivity index is 1.52. The maximum atomic E-state index is 13.8. The molecule has 1 amide bonds. The van der Waals surface area contributed by atoms with Crippen molar-refractivity contribution in [2.75, 3.05) is 11.1 Å². The molecule has 0 saturated heterocycles. The second-order valence-electron chi connectivity index (χ2n) is 6.09. The topological polar surface area (TPSA) is 81.3 Å². The number of benzene rings is 2. The van der Waals surface area contributed by atoms with Crippen molar-refractivity contribution in [1.82, 2.24) is 19.2 Å². The summed E-state index contributed by atoms with van der Waals surface area (Å²) in [6.07, 6.45) is 3.02. The lowest BCUT2D eigenvalue weighted by molar-refractivity contribution is -0.113. The largest absolute Gasteiger partial charge is 0.323 e. The highest BCUT2D eigenvalue weighted by Crippen LogP contribution is 2.21. The molecule has 2 aromatic carbocycles. The van der Waals surface area contributed by atoms with Crippen molar-refractivity contribution in [2.45, 2.75) is 5.16 Å². The van der Waals surface area contributed by atoms with Crippen LogP contribution in [0.25, 0.3) is 11.3 Å². The van der Waals surface area contributed by atoms with Crippen molar-refractivity contribution in [3.05, 3.63) is 81.3 Å². The Morgan fingerprint density at radius 2 is 1.97 bits per heavy atom. The third-order valence-electron chi connectivity index (χ3n) is 4.06. The van der Waals surface area contributed by atoms with Crippen molar-refractivity contribution >= 4 is 44.9 Å². The number of hydrogen-bond acceptors (Lipinski definition) is 5. The molecule has 1 N–H and O–H groups in total. The van der Waals surface area contributed by atoms with Crippen molar-refractivity contribution in [3.8, 4) is 5.69 Å². The summed E-state index contributed by atoms with van der Waals surface area (Å²) in [4.78, 5) is 24.8. The van der Waals surface area contributed by atoms with E-state index >= 15 is 0 Å². The van der Waals surface area contributed by atoms with Gasteiger partial charge < -0.3 is 5.32 Å². The summed E-state index contributed by atoms with van der Waals surface area (Å²) in [5.41, 5.74) is -0.0315. The second-order valence-corrected chi connectivity index (χ2v) is 7.95. The van der Waals surface area contributed by atoms with Crippen LogP contribution in [0.1, 0.15) is 0 Å². The number of halogens is 3. The minimum Gasteiger partial charge on any atom is -0.323 e. The van der Waals surface area contributed by atoms with Gasteiger partial charge in [-0.1, -0.05) is 33.8 Å². The van der Waals surface area contributed by atoms with E-state index in [1.807, 2.05) is 0 Å². The van der Waals surface area contributed by atoms with Crippen molar-refractivity contribution < 1.29 is 13.6 Å². The normalized spacial score (nSPS) is 11.0. The molecule has 2 aromatic heterocycles. The van der Waals surface area contributed by atoms with Crippen LogP contribution in [0.15, 0.2) is 69.3 Å². The molecular weight excluding hydrogens is 480 g/mol. The van der Waals surface area contributed by atoms with Gasteiger partial charge in [-0.25, -0.2) is 8.78 Å². The number of hydrogen-bond donors (Lipinski definition) is 1. The predicted octanol–water partition coefficient (Wildman–Crippen LogP) is 3.65. The van der Waals surface area contributed by atoms with Gasteiger partial charge in [0.25, 0.3) is 0 Å². The van der Waals surface area contributed by atoms with E-state index in [9.17, 15) is 18.4 Å². The number of thioether (sulfide) groups is 1. The molecule has 0 fully saturated rings.